The molecule has 2 aromatic rings. The highest BCUT2D eigenvalue weighted by atomic mass is 16.5. The molecule has 2 aromatic carbocycles. The van der Waals surface area contributed by atoms with Gasteiger partial charge in [-0.25, -0.2) is 0 Å². The van der Waals surface area contributed by atoms with Crippen molar-refractivity contribution in [3.63, 3.8) is 0 Å². The average Bonchev–Trinajstić information content (AvgIpc) is 3.40. The lowest BCUT2D eigenvalue weighted by Crippen LogP contribution is -2.37. The highest BCUT2D eigenvalue weighted by Gasteiger charge is 2.49. The molecule has 2 aliphatic rings. The molecule has 0 aromatic heterocycles. The smallest absolute Gasteiger partial charge is 0.295 e. The molecule has 1 N–H and O–H groups in total. The lowest BCUT2D eigenvalue weighted by molar-refractivity contribution is -0.141. The number of nitrogens with zero attached hydrogens (tertiary/aromatic N) is 1. The lowest BCUT2D eigenvalue weighted by atomic mass is 9.94. The van der Waals surface area contributed by atoms with E-state index < -0.39 is 17.7 Å². The van der Waals surface area contributed by atoms with Crippen LogP contribution in [0.4, 0.5) is 0 Å². The summed E-state index contributed by atoms with van der Waals surface area (Å²) in [5.74, 6) is -0.293. The summed E-state index contributed by atoms with van der Waals surface area (Å²) in [4.78, 5) is 27.9. The molecule has 1 saturated heterocycles. The number of benzene rings is 2. The first kappa shape index (κ1) is 21.0. The van der Waals surface area contributed by atoms with Gasteiger partial charge in [0, 0.05) is 11.6 Å². The van der Waals surface area contributed by atoms with E-state index in [1.807, 2.05) is 25.1 Å². The lowest BCUT2D eigenvalue weighted by Gasteiger charge is -2.31. The molecule has 6 nitrogen and oxygen atoms in total. The Hall–Kier alpha value is -3.28. The van der Waals surface area contributed by atoms with Crippen LogP contribution in [0.15, 0.2) is 48.0 Å². The van der Waals surface area contributed by atoms with Crippen molar-refractivity contribution in [1.29, 1.82) is 0 Å². The van der Waals surface area contributed by atoms with Crippen LogP contribution in [0.3, 0.4) is 0 Å². The summed E-state index contributed by atoms with van der Waals surface area (Å²) in [6.07, 6.45) is 3.73. The molecular formula is C25H27NO5. The van der Waals surface area contributed by atoms with Crippen LogP contribution in [0, 0.1) is 6.92 Å². The van der Waals surface area contributed by atoms with Gasteiger partial charge in [-0.2, -0.15) is 0 Å². The van der Waals surface area contributed by atoms with Crippen LogP contribution < -0.4 is 9.47 Å². The molecule has 0 bridgehead atoms. The van der Waals surface area contributed by atoms with Crippen LogP contribution >= 0.6 is 0 Å². The maximum atomic E-state index is 13.2. The van der Waals surface area contributed by atoms with E-state index in [0.29, 0.717) is 22.6 Å². The van der Waals surface area contributed by atoms with Crippen LogP contribution in [0.1, 0.15) is 48.4 Å². The maximum absolute atomic E-state index is 13.2. The van der Waals surface area contributed by atoms with E-state index >= 15 is 0 Å². The van der Waals surface area contributed by atoms with E-state index in [2.05, 4.69) is 0 Å². The Bertz CT molecular complexity index is 1030. The molecule has 4 rings (SSSR count). The number of hydrogen-bond donors (Lipinski definition) is 1. The molecule has 2 fully saturated rings. The third kappa shape index (κ3) is 3.67. The number of Topliss-reactive ketones (excluding diaryl/α,β-unsaturated/α-hetero) is 1. The Morgan fingerprint density at radius 1 is 0.968 bits per heavy atom. The van der Waals surface area contributed by atoms with Gasteiger partial charge in [0.15, 0.2) is 11.5 Å². The first-order chi connectivity index (χ1) is 15.0. The number of methoxy groups -OCH3 is 2. The second-order valence-electron chi connectivity index (χ2n) is 8.13. The number of carbonyl (C=O) groups is 2. The van der Waals surface area contributed by atoms with E-state index in [-0.39, 0.29) is 17.4 Å². The van der Waals surface area contributed by atoms with Gasteiger partial charge in [-0.05, 0) is 37.5 Å². The van der Waals surface area contributed by atoms with Crippen LogP contribution in [0.5, 0.6) is 11.5 Å². The quantitative estimate of drug-likeness (QED) is 0.441. The number of ether oxygens (including phenoxy) is 2. The largest absolute Gasteiger partial charge is 0.507 e. The zero-order chi connectivity index (χ0) is 22.1. The van der Waals surface area contributed by atoms with Crippen LogP contribution in [-0.4, -0.2) is 42.0 Å². The van der Waals surface area contributed by atoms with Crippen LogP contribution in [0.2, 0.25) is 0 Å². The van der Waals surface area contributed by atoms with Crippen LogP contribution in [0.25, 0.3) is 5.76 Å². The van der Waals surface area contributed by atoms with Crippen molar-refractivity contribution < 1.29 is 24.2 Å². The van der Waals surface area contributed by atoms with Crippen molar-refractivity contribution in [2.24, 2.45) is 0 Å². The number of ketones is 1. The predicted octanol–water partition coefficient (Wildman–Crippen LogP) is 4.38. The number of carbonyl (C=O) groups excluding carboxylic acids is 2. The summed E-state index contributed by atoms with van der Waals surface area (Å²) in [6, 6.07) is 11.9. The summed E-state index contributed by atoms with van der Waals surface area (Å²) < 4.78 is 10.8. The van der Waals surface area contributed by atoms with Gasteiger partial charge in [0.05, 0.1) is 25.8 Å². The first-order valence-electron chi connectivity index (χ1n) is 10.5. The highest BCUT2D eigenvalue weighted by Crippen LogP contribution is 2.45. The normalized spacial score (nSPS) is 21.0. The maximum Gasteiger partial charge on any atom is 0.295 e. The second kappa shape index (κ2) is 8.46. The van der Waals surface area contributed by atoms with Crippen molar-refractivity contribution in [1.82, 2.24) is 4.90 Å². The summed E-state index contributed by atoms with van der Waals surface area (Å²) in [5, 5.41) is 11.1. The fourth-order valence-corrected chi connectivity index (χ4v) is 4.63. The van der Waals surface area contributed by atoms with Crippen LogP contribution in [-0.2, 0) is 9.59 Å². The molecular weight excluding hydrogens is 394 g/mol. The number of amides is 1. The third-order valence-corrected chi connectivity index (χ3v) is 6.25. The number of likely N-dealkylation sites (tertiary alicyclic amines) is 1. The van der Waals surface area contributed by atoms with Gasteiger partial charge < -0.3 is 19.5 Å². The number of aryl methyl sites for hydroxylation is 1. The van der Waals surface area contributed by atoms with E-state index in [0.717, 1.165) is 31.2 Å². The molecule has 1 aliphatic heterocycles. The van der Waals surface area contributed by atoms with Crippen molar-refractivity contribution in [3.8, 4) is 11.5 Å². The van der Waals surface area contributed by atoms with Crippen molar-refractivity contribution in [2.45, 2.75) is 44.7 Å². The summed E-state index contributed by atoms with van der Waals surface area (Å²) in [6.45, 7) is 1.95. The summed E-state index contributed by atoms with van der Waals surface area (Å²) in [7, 11) is 3.10. The molecule has 1 aliphatic carbocycles. The Morgan fingerprint density at radius 2 is 1.61 bits per heavy atom. The zero-order valence-electron chi connectivity index (χ0n) is 18.1. The Balaban J connectivity index is 1.90. The second-order valence-corrected chi connectivity index (χ2v) is 8.13. The van der Waals surface area contributed by atoms with Gasteiger partial charge in [-0.15, -0.1) is 0 Å². The van der Waals surface area contributed by atoms with Crippen molar-refractivity contribution in [3.05, 3.63) is 64.7 Å². The molecule has 1 heterocycles. The number of hydrogen-bond acceptors (Lipinski definition) is 5. The first-order valence-corrected chi connectivity index (χ1v) is 10.5. The highest BCUT2D eigenvalue weighted by molar-refractivity contribution is 6.46. The SMILES string of the molecule is COc1ccc(C2/C(=C(/O)c3ccc(C)cc3)C(=O)C(=O)N2C2CCCC2)cc1OC. The Morgan fingerprint density at radius 3 is 2.23 bits per heavy atom. The number of rotatable bonds is 5. The molecule has 6 heteroatoms. The van der Waals surface area contributed by atoms with Gasteiger partial charge >= 0.3 is 0 Å². The Kier molecular flexibility index (Phi) is 5.72. The minimum Gasteiger partial charge on any atom is -0.507 e. The molecule has 1 amide bonds. The zero-order valence-corrected chi connectivity index (χ0v) is 18.1. The van der Waals surface area contributed by atoms with Gasteiger partial charge in [0.2, 0.25) is 0 Å². The summed E-state index contributed by atoms with van der Waals surface area (Å²) >= 11 is 0. The fourth-order valence-electron chi connectivity index (χ4n) is 4.63. The standard InChI is InChI=1S/C25H27NO5/c1-15-8-10-16(11-9-15)23(27)21-22(17-12-13-19(30-2)20(14-17)31-3)26(25(29)24(21)28)18-6-4-5-7-18/h8-14,18,22,27H,4-7H2,1-3H3/b23-21-. The van der Waals surface area contributed by atoms with E-state index in [1.54, 1.807) is 43.4 Å². The molecule has 31 heavy (non-hydrogen) atoms. The number of aliphatic hydroxyl groups excluding tert-OH is 1. The minimum absolute atomic E-state index is 0.0298. The van der Waals surface area contributed by atoms with E-state index in [9.17, 15) is 14.7 Å². The fraction of sp³-hybridized carbons (Fsp3) is 0.360. The van der Waals surface area contributed by atoms with Gasteiger partial charge in [-0.3, -0.25) is 9.59 Å². The Labute approximate surface area is 182 Å². The van der Waals surface area contributed by atoms with Crippen molar-refractivity contribution in [2.75, 3.05) is 14.2 Å². The monoisotopic (exact) mass is 421 g/mol. The molecule has 0 spiro atoms. The predicted molar refractivity (Wildman–Crippen MR) is 117 cm³/mol. The van der Waals surface area contributed by atoms with Gasteiger partial charge in [0.25, 0.3) is 11.7 Å². The molecule has 0 radical (unpaired) electrons. The topological polar surface area (TPSA) is 76.1 Å². The third-order valence-electron chi connectivity index (χ3n) is 6.25. The molecule has 162 valence electrons. The molecule has 1 saturated carbocycles. The van der Waals surface area contributed by atoms with Crippen molar-refractivity contribution >= 4 is 17.4 Å². The minimum atomic E-state index is -0.677. The molecule has 1 unspecified atom stereocenters. The van der Waals surface area contributed by atoms with E-state index in [4.69, 9.17) is 9.47 Å². The van der Waals surface area contributed by atoms with Gasteiger partial charge in [-0.1, -0.05) is 48.7 Å². The summed E-state index contributed by atoms with van der Waals surface area (Å²) in [5.41, 5.74) is 2.38. The number of aliphatic hydroxyl groups is 1. The van der Waals surface area contributed by atoms with E-state index in [1.165, 1.54) is 0 Å². The molecule has 1 atom stereocenters. The van der Waals surface area contributed by atoms with Gasteiger partial charge in [0.1, 0.15) is 5.76 Å². The average molecular weight is 421 g/mol.